The second kappa shape index (κ2) is 10.5. The molecule has 2 amide bonds. The van der Waals surface area contributed by atoms with Gasteiger partial charge < -0.3 is 9.80 Å². The van der Waals surface area contributed by atoms with E-state index in [1.165, 1.54) is 33.7 Å². The summed E-state index contributed by atoms with van der Waals surface area (Å²) in [4.78, 5) is 33.9. The van der Waals surface area contributed by atoms with Gasteiger partial charge in [-0.05, 0) is 66.1 Å². The predicted molar refractivity (Wildman–Crippen MR) is 140 cm³/mol. The Morgan fingerprint density at radius 1 is 0.972 bits per heavy atom. The maximum absolute atomic E-state index is 13.5. The first-order valence-corrected chi connectivity index (χ1v) is 13.5. The molecule has 0 spiro atoms. The summed E-state index contributed by atoms with van der Waals surface area (Å²) < 4.78 is 13.2. The third kappa shape index (κ3) is 5.08. The Kier molecular flexibility index (Phi) is 7.21. The van der Waals surface area contributed by atoms with E-state index in [9.17, 15) is 14.0 Å². The minimum absolute atomic E-state index is 0.0156. The molecule has 5 nitrogen and oxygen atoms in total. The highest BCUT2D eigenvalue weighted by atomic mass is 32.1. The van der Waals surface area contributed by atoms with Crippen molar-refractivity contribution in [3.05, 3.63) is 92.9 Å². The molecule has 0 bridgehead atoms. The van der Waals surface area contributed by atoms with Gasteiger partial charge in [0.25, 0.3) is 0 Å². The fraction of sp³-hybridized carbons (Fsp3) is 0.379. The largest absolute Gasteiger partial charge is 0.338 e. The molecule has 3 aromatic rings. The van der Waals surface area contributed by atoms with E-state index in [-0.39, 0.29) is 36.1 Å². The van der Waals surface area contributed by atoms with Gasteiger partial charge in [0.2, 0.25) is 11.8 Å². The van der Waals surface area contributed by atoms with Crippen LogP contribution in [0.1, 0.15) is 40.1 Å². The SMILES string of the molecule is Cc1ccccc1[C@H]1c2ccsc2CCN1CC(=O)N1CCN(C(=O)Cc2ccc(F)cc2)[C@H](C)C1. The van der Waals surface area contributed by atoms with Gasteiger partial charge in [-0.2, -0.15) is 0 Å². The van der Waals surface area contributed by atoms with Crippen molar-refractivity contribution in [2.45, 2.75) is 38.8 Å². The summed E-state index contributed by atoms with van der Waals surface area (Å²) in [6.07, 6.45) is 1.21. The first-order chi connectivity index (χ1) is 17.4. The van der Waals surface area contributed by atoms with E-state index >= 15 is 0 Å². The van der Waals surface area contributed by atoms with Crippen LogP contribution in [0.5, 0.6) is 0 Å². The topological polar surface area (TPSA) is 43.9 Å². The highest BCUT2D eigenvalue weighted by Gasteiger charge is 2.34. The maximum Gasteiger partial charge on any atom is 0.236 e. The van der Waals surface area contributed by atoms with Crippen LogP contribution in [0.15, 0.2) is 60.0 Å². The van der Waals surface area contributed by atoms with E-state index in [1.807, 2.05) is 16.7 Å². The molecular weight excluding hydrogens is 473 g/mol. The molecule has 0 saturated carbocycles. The highest BCUT2D eigenvalue weighted by Crippen LogP contribution is 2.38. The van der Waals surface area contributed by atoms with Gasteiger partial charge in [0.1, 0.15) is 5.82 Å². The number of piperazine rings is 1. The van der Waals surface area contributed by atoms with Crippen molar-refractivity contribution in [2.24, 2.45) is 0 Å². The number of carbonyl (C=O) groups excluding carboxylic acids is 2. The first-order valence-electron chi connectivity index (χ1n) is 12.6. The van der Waals surface area contributed by atoms with Crippen molar-refractivity contribution >= 4 is 23.2 Å². The number of nitrogens with zero attached hydrogens (tertiary/aromatic N) is 3. The molecule has 0 unspecified atom stereocenters. The van der Waals surface area contributed by atoms with E-state index in [1.54, 1.807) is 23.5 Å². The van der Waals surface area contributed by atoms with E-state index in [0.29, 0.717) is 26.2 Å². The molecule has 1 fully saturated rings. The smallest absolute Gasteiger partial charge is 0.236 e. The minimum Gasteiger partial charge on any atom is -0.338 e. The molecule has 0 aliphatic carbocycles. The van der Waals surface area contributed by atoms with Gasteiger partial charge in [0.05, 0.1) is 19.0 Å². The lowest BCUT2D eigenvalue weighted by atomic mass is 9.90. The number of hydrogen-bond acceptors (Lipinski definition) is 4. The zero-order valence-corrected chi connectivity index (χ0v) is 21.6. The van der Waals surface area contributed by atoms with Crippen molar-refractivity contribution in [2.75, 3.05) is 32.7 Å². The number of fused-ring (bicyclic) bond motifs is 1. The second-order valence-corrected chi connectivity index (χ2v) is 10.9. The monoisotopic (exact) mass is 505 g/mol. The summed E-state index contributed by atoms with van der Waals surface area (Å²) in [6, 6.07) is 16.8. The molecule has 36 heavy (non-hydrogen) atoms. The maximum atomic E-state index is 13.5. The Labute approximate surface area is 216 Å². The Bertz CT molecular complexity index is 1240. The summed E-state index contributed by atoms with van der Waals surface area (Å²) in [5, 5.41) is 2.16. The normalized spacial score (nSPS) is 20.3. The zero-order chi connectivity index (χ0) is 25.2. The molecule has 188 valence electrons. The number of halogens is 1. The molecule has 2 atom stereocenters. The molecule has 0 N–H and O–H groups in total. The number of amides is 2. The van der Waals surface area contributed by atoms with E-state index in [0.717, 1.165) is 18.5 Å². The summed E-state index contributed by atoms with van der Waals surface area (Å²) >= 11 is 1.80. The van der Waals surface area contributed by atoms with Gasteiger partial charge in [0, 0.05) is 37.1 Å². The standard InChI is InChI=1S/C29H32FN3O2S/c1-20-5-3-4-6-24(20)29-25-12-16-36-26(25)11-13-32(29)19-28(35)31-14-15-33(21(2)18-31)27(34)17-22-7-9-23(30)10-8-22/h3-10,12,16,21,29H,11,13-15,17-19H2,1-2H3/t21-,29+/m1/s1. The van der Waals surface area contributed by atoms with Gasteiger partial charge in [-0.3, -0.25) is 14.5 Å². The molecule has 1 saturated heterocycles. The quantitative estimate of drug-likeness (QED) is 0.515. The second-order valence-electron chi connectivity index (χ2n) is 9.86. The Hall–Kier alpha value is -3.03. The fourth-order valence-electron chi connectivity index (χ4n) is 5.50. The van der Waals surface area contributed by atoms with Crippen LogP contribution >= 0.6 is 11.3 Å². The van der Waals surface area contributed by atoms with Crippen LogP contribution in [0, 0.1) is 12.7 Å². The lowest BCUT2D eigenvalue weighted by Crippen LogP contribution is -2.57. The number of aryl methyl sites for hydroxylation is 1. The Morgan fingerprint density at radius 3 is 2.50 bits per heavy atom. The van der Waals surface area contributed by atoms with Crippen LogP contribution < -0.4 is 0 Å². The summed E-state index contributed by atoms with van der Waals surface area (Å²) in [6.45, 7) is 6.93. The number of hydrogen-bond donors (Lipinski definition) is 0. The van der Waals surface area contributed by atoms with Gasteiger partial charge in [-0.1, -0.05) is 36.4 Å². The van der Waals surface area contributed by atoms with Gasteiger partial charge in [-0.25, -0.2) is 4.39 Å². The predicted octanol–water partition coefficient (Wildman–Crippen LogP) is 4.45. The van der Waals surface area contributed by atoms with Gasteiger partial charge >= 0.3 is 0 Å². The average Bonchev–Trinajstić information content (AvgIpc) is 3.35. The lowest BCUT2D eigenvalue weighted by molar-refractivity contribution is -0.143. The highest BCUT2D eigenvalue weighted by molar-refractivity contribution is 7.10. The third-order valence-corrected chi connectivity index (χ3v) is 8.45. The van der Waals surface area contributed by atoms with Crippen LogP contribution in [-0.4, -0.2) is 65.3 Å². The van der Waals surface area contributed by atoms with E-state index < -0.39 is 0 Å². The van der Waals surface area contributed by atoms with Crippen LogP contribution in [0.25, 0.3) is 0 Å². The molecule has 1 aromatic heterocycles. The van der Waals surface area contributed by atoms with Crippen molar-refractivity contribution < 1.29 is 14.0 Å². The van der Waals surface area contributed by atoms with E-state index in [4.69, 9.17) is 0 Å². The van der Waals surface area contributed by atoms with Crippen LogP contribution in [-0.2, 0) is 22.4 Å². The van der Waals surface area contributed by atoms with Gasteiger partial charge in [0.15, 0.2) is 0 Å². The first kappa shape index (κ1) is 24.7. The molecule has 3 heterocycles. The lowest BCUT2D eigenvalue weighted by Gasteiger charge is -2.42. The zero-order valence-electron chi connectivity index (χ0n) is 20.8. The molecule has 2 aliphatic rings. The Morgan fingerprint density at radius 2 is 1.75 bits per heavy atom. The molecule has 2 aliphatic heterocycles. The average molecular weight is 506 g/mol. The van der Waals surface area contributed by atoms with Crippen LogP contribution in [0.2, 0.25) is 0 Å². The summed E-state index contributed by atoms with van der Waals surface area (Å²) in [7, 11) is 0. The third-order valence-electron chi connectivity index (χ3n) is 7.46. The van der Waals surface area contributed by atoms with Gasteiger partial charge in [-0.15, -0.1) is 11.3 Å². The molecule has 5 rings (SSSR count). The molecule has 0 radical (unpaired) electrons. The molecule has 7 heteroatoms. The number of benzene rings is 2. The van der Waals surface area contributed by atoms with Crippen molar-refractivity contribution in [3.63, 3.8) is 0 Å². The van der Waals surface area contributed by atoms with Crippen molar-refractivity contribution in [3.8, 4) is 0 Å². The molecular formula is C29H32FN3O2S. The van der Waals surface area contributed by atoms with Crippen molar-refractivity contribution in [1.29, 1.82) is 0 Å². The fourth-order valence-corrected chi connectivity index (χ4v) is 6.41. The summed E-state index contributed by atoms with van der Waals surface area (Å²) in [5.41, 5.74) is 4.61. The Balaban J connectivity index is 1.25. The van der Waals surface area contributed by atoms with E-state index in [2.05, 4.69) is 47.5 Å². The summed E-state index contributed by atoms with van der Waals surface area (Å²) in [5.74, 6) is -0.174. The van der Waals surface area contributed by atoms with Crippen LogP contribution in [0.3, 0.4) is 0 Å². The minimum atomic E-state index is -0.305. The number of rotatable bonds is 5. The van der Waals surface area contributed by atoms with Crippen LogP contribution in [0.4, 0.5) is 4.39 Å². The molecule has 2 aromatic carbocycles. The number of thiophene rings is 1. The number of carbonyl (C=O) groups is 2. The van der Waals surface area contributed by atoms with Crippen molar-refractivity contribution in [1.82, 2.24) is 14.7 Å².